The van der Waals surface area contributed by atoms with E-state index >= 15 is 0 Å². The molecule has 0 aliphatic carbocycles. The van der Waals surface area contributed by atoms with E-state index in [1.54, 1.807) is 13.8 Å². The first kappa shape index (κ1) is 23.5. The second-order valence-electron chi connectivity index (χ2n) is 7.70. The van der Waals surface area contributed by atoms with E-state index in [2.05, 4.69) is 0 Å². The Labute approximate surface area is 146 Å². The lowest BCUT2D eigenvalue weighted by molar-refractivity contribution is -0.262. The first-order chi connectivity index (χ1) is 10.7. The van der Waals surface area contributed by atoms with Gasteiger partial charge in [-0.3, -0.25) is 9.40 Å². The zero-order valence-electron chi connectivity index (χ0n) is 16.5. The fraction of sp³-hybridized carbons (Fsp3) is 0.938. The monoisotopic (exact) mass is 367 g/mol. The number of hydrogen-bond donors (Lipinski definition) is 1. The van der Waals surface area contributed by atoms with E-state index in [1.807, 2.05) is 41.5 Å². The molecule has 0 aliphatic rings. The minimum absolute atomic E-state index is 0.219. The fourth-order valence-electron chi connectivity index (χ4n) is 2.29. The van der Waals surface area contributed by atoms with Crippen LogP contribution in [0.15, 0.2) is 0 Å². The molecule has 0 radical (unpaired) electrons. The van der Waals surface area contributed by atoms with Gasteiger partial charge in [0, 0.05) is 5.54 Å². The van der Waals surface area contributed by atoms with Crippen LogP contribution in [0.4, 0.5) is 0 Å². The van der Waals surface area contributed by atoms with E-state index < -0.39 is 36.4 Å². The predicted octanol–water partition coefficient (Wildman–Crippen LogP) is 4.13. The van der Waals surface area contributed by atoms with Crippen molar-refractivity contribution in [2.24, 2.45) is 5.41 Å². The Morgan fingerprint density at radius 1 is 1.08 bits per heavy atom. The molecule has 0 rings (SSSR count). The zero-order valence-corrected chi connectivity index (χ0v) is 17.3. The van der Waals surface area contributed by atoms with Gasteiger partial charge < -0.3 is 14.2 Å². The summed E-state index contributed by atoms with van der Waals surface area (Å²) in [5.41, 5.74) is -1.17. The van der Waals surface area contributed by atoms with Gasteiger partial charge in [-0.15, -0.1) is 0 Å². The van der Waals surface area contributed by atoms with Gasteiger partial charge in [-0.25, -0.2) is 4.79 Å². The molecule has 0 saturated carbocycles. The van der Waals surface area contributed by atoms with Crippen LogP contribution in [-0.4, -0.2) is 46.8 Å². The quantitative estimate of drug-likeness (QED) is 0.484. The van der Waals surface area contributed by atoms with E-state index in [-0.39, 0.29) is 13.2 Å². The Hall–Kier alpha value is -0.460. The maximum absolute atomic E-state index is 13.5. The summed E-state index contributed by atoms with van der Waals surface area (Å²) in [5.74, 6) is -1.87. The number of nitrogens with zero attached hydrogens (tertiary/aromatic N) is 1. The maximum Gasteiger partial charge on any atom is 0.350 e. The molecular formula is C16H34NO6P. The maximum atomic E-state index is 13.5. The summed E-state index contributed by atoms with van der Waals surface area (Å²) < 4.78 is 24.6. The number of carbonyl (C=O) groups is 1. The molecule has 0 fully saturated rings. The summed E-state index contributed by atoms with van der Waals surface area (Å²) in [6, 6.07) is 0. The molecule has 0 bridgehead atoms. The highest BCUT2D eigenvalue weighted by atomic mass is 31.2. The number of aliphatic carboxylic acids is 1. The van der Waals surface area contributed by atoms with Crippen LogP contribution >= 0.6 is 7.60 Å². The third kappa shape index (κ3) is 6.45. The predicted molar refractivity (Wildman–Crippen MR) is 93.9 cm³/mol. The fourth-order valence-corrected chi connectivity index (χ4v) is 4.97. The highest BCUT2D eigenvalue weighted by molar-refractivity contribution is 7.54. The summed E-state index contributed by atoms with van der Waals surface area (Å²) in [5, 5.41) is 10.7. The molecule has 0 saturated heterocycles. The molecule has 0 amide bonds. The van der Waals surface area contributed by atoms with Crippen molar-refractivity contribution in [2.75, 3.05) is 13.2 Å². The molecule has 1 N–H and O–H groups in total. The molecule has 8 heteroatoms. The summed E-state index contributed by atoms with van der Waals surface area (Å²) in [6.07, 6.45) is -1.09. The molecule has 0 aromatic heterocycles. The van der Waals surface area contributed by atoms with Crippen LogP contribution in [0.1, 0.15) is 62.3 Å². The molecule has 0 aromatic rings. The number of rotatable bonds is 9. The van der Waals surface area contributed by atoms with Gasteiger partial charge >= 0.3 is 13.6 Å². The van der Waals surface area contributed by atoms with Gasteiger partial charge in [-0.1, -0.05) is 20.8 Å². The van der Waals surface area contributed by atoms with Gasteiger partial charge in [0.25, 0.3) is 0 Å². The second kappa shape index (κ2) is 8.77. The summed E-state index contributed by atoms with van der Waals surface area (Å²) in [6.45, 7) is 16.6. The van der Waals surface area contributed by atoms with E-state index in [0.29, 0.717) is 0 Å². The zero-order chi connectivity index (χ0) is 19.3. The number of hydrogen-bond acceptors (Lipinski definition) is 6. The molecule has 2 unspecified atom stereocenters. The van der Waals surface area contributed by atoms with Crippen molar-refractivity contribution in [1.29, 1.82) is 0 Å². The molecule has 2 atom stereocenters. The lowest BCUT2D eigenvalue weighted by atomic mass is 9.94. The van der Waals surface area contributed by atoms with Crippen molar-refractivity contribution in [3.63, 3.8) is 0 Å². The van der Waals surface area contributed by atoms with Gasteiger partial charge in [-0.05, 0) is 47.0 Å². The van der Waals surface area contributed by atoms with Crippen molar-refractivity contribution >= 4 is 13.6 Å². The smallest absolute Gasteiger partial charge is 0.350 e. The average Bonchev–Trinajstić information content (AvgIpc) is 2.35. The Morgan fingerprint density at radius 3 is 1.75 bits per heavy atom. The van der Waals surface area contributed by atoms with Gasteiger partial charge in [0.05, 0.1) is 13.2 Å². The molecule has 144 valence electrons. The first-order valence-corrected chi connectivity index (χ1v) is 9.89. The van der Waals surface area contributed by atoms with Crippen LogP contribution in [-0.2, 0) is 23.2 Å². The van der Waals surface area contributed by atoms with Crippen LogP contribution < -0.4 is 0 Å². The standard InChI is InChI=1S/C16H34NO6P/c1-10-21-24(20,22-11-2)14(15(4,5)6)17(16(7,8)9)23-12(3)13(18)19/h12,14H,10-11H2,1-9H3,(H,18,19). The van der Waals surface area contributed by atoms with Crippen molar-refractivity contribution in [2.45, 2.75) is 79.7 Å². The lowest BCUT2D eigenvalue weighted by Crippen LogP contribution is -2.55. The van der Waals surface area contributed by atoms with Crippen LogP contribution in [0.3, 0.4) is 0 Å². The molecule has 0 aliphatic heterocycles. The lowest BCUT2D eigenvalue weighted by Gasteiger charge is -2.47. The van der Waals surface area contributed by atoms with Gasteiger partial charge in [-0.2, -0.15) is 5.06 Å². The van der Waals surface area contributed by atoms with Crippen molar-refractivity contribution in [1.82, 2.24) is 5.06 Å². The van der Waals surface area contributed by atoms with E-state index in [9.17, 15) is 14.5 Å². The van der Waals surface area contributed by atoms with E-state index in [4.69, 9.17) is 13.9 Å². The Kier molecular flexibility index (Phi) is 8.60. The normalized spacial score (nSPS) is 16.2. The SMILES string of the molecule is CCOP(=O)(OCC)C(N(OC(C)C(=O)O)C(C)(C)C)C(C)(C)C. The van der Waals surface area contributed by atoms with Crippen molar-refractivity contribution in [3.8, 4) is 0 Å². The summed E-state index contributed by atoms with van der Waals surface area (Å²) in [4.78, 5) is 17.0. The van der Waals surface area contributed by atoms with Gasteiger partial charge in [0.1, 0.15) is 5.78 Å². The third-order valence-electron chi connectivity index (χ3n) is 3.19. The number of carboxylic acid groups (broad SMARTS) is 1. The van der Waals surface area contributed by atoms with Crippen molar-refractivity contribution < 1.29 is 28.4 Å². The second-order valence-corrected chi connectivity index (χ2v) is 9.78. The van der Waals surface area contributed by atoms with Crippen LogP contribution in [0, 0.1) is 5.41 Å². The largest absolute Gasteiger partial charge is 0.479 e. The van der Waals surface area contributed by atoms with Crippen molar-refractivity contribution in [3.05, 3.63) is 0 Å². The van der Waals surface area contributed by atoms with Crippen LogP contribution in [0.25, 0.3) is 0 Å². The van der Waals surface area contributed by atoms with E-state index in [1.165, 1.54) is 12.0 Å². The summed E-state index contributed by atoms with van der Waals surface area (Å²) >= 11 is 0. The minimum Gasteiger partial charge on any atom is -0.479 e. The van der Waals surface area contributed by atoms with Crippen LogP contribution in [0.5, 0.6) is 0 Å². The molecule has 0 heterocycles. The molecular weight excluding hydrogens is 333 g/mol. The van der Waals surface area contributed by atoms with E-state index in [0.717, 1.165) is 0 Å². The number of hydroxylamine groups is 2. The Balaban J connectivity index is 6.13. The highest BCUT2D eigenvalue weighted by Crippen LogP contribution is 2.60. The average molecular weight is 367 g/mol. The highest BCUT2D eigenvalue weighted by Gasteiger charge is 2.51. The summed E-state index contributed by atoms with van der Waals surface area (Å²) in [7, 11) is -3.58. The Bertz CT molecular complexity index is 444. The van der Waals surface area contributed by atoms with Gasteiger partial charge in [0.15, 0.2) is 6.10 Å². The topological polar surface area (TPSA) is 85.3 Å². The third-order valence-corrected chi connectivity index (χ3v) is 6.01. The molecule has 0 aromatic carbocycles. The minimum atomic E-state index is -3.58. The van der Waals surface area contributed by atoms with Crippen LogP contribution in [0.2, 0.25) is 0 Å². The van der Waals surface area contributed by atoms with Gasteiger partial charge in [0.2, 0.25) is 0 Å². The molecule has 24 heavy (non-hydrogen) atoms. The molecule has 7 nitrogen and oxygen atoms in total. The molecule has 0 spiro atoms. The number of carboxylic acids is 1. The Morgan fingerprint density at radius 2 is 1.50 bits per heavy atom. The first-order valence-electron chi connectivity index (χ1n) is 8.28.